The van der Waals surface area contributed by atoms with Gasteiger partial charge in [0.25, 0.3) is 0 Å². The molecule has 0 spiro atoms. The van der Waals surface area contributed by atoms with Gasteiger partial charge >= 0.3 is 6.18 Å². The van der Waals surface area contributed by atoms with E-state index in [4.69, 9.17) is 46.4 Å². The van der Waals surface area contributed by atoms with Crippen LogP contribution in [0.5, 0.6) is 0 Å². The highest BCUT2D eigenvalue weighted by molar-refractivity contribution is 6.46. The molecular weight excluding hydrogens is 367 g/mol. The summed E-state index contributed by atoms with van der Waals surface area (Å²) in [6, 6.07) is 6.19. The minimum atomic E-state index is -4.48. The Morgan fingerprint density at radius 3 is 2.10 bits per heavy atom. The van der Waals surface area contributed by atoms with E-state index in [0.717, 1.165) is 12.1 Å². The summed E-state index contributed by atoms with van der Waals surface area (Å²) in [4.78, 5) is 0. The first kappa shape index (κ1) is 16.8. The number of hydrogen-bond donors (Lipinski definition) is 0. The zero-order chi connectivity index (χ0) is 15.8. The Hall–Kier alpha value is -0.610. The second-order valence-corrected chi connectivity index (χ2v) is 5.68. The average Bonchev–Trinajstić information content (AvgIpc) is 2.42. The molecule has 0 radical (unpaired) electrons. The van der Waals surface area contributed by atoms with E-state index in [1.807, 2.05) is 0 Å². The average molecular weight is 374 g/mol. The third kappa shape index (κ3) is 3.42. The molecule has 2 rings (SSSR count). The maximum atomic E-state index is 12.9. The molecule has 7 heteroatoms. The van der Waals surface area contributed by atoms with Crippen molar-refractivity contribution < 1.29 is 13.2 Å². The Kier molecular flexibility index (Phi) is 4.99. The monoisotopic (exact) mass is 372 g/mol. The van der Waals surface area contributed by atoms with Crippen molar-refractivity contribution in [1.82, 2.24) is 0 Å². The number of halogens is 7. The Labute approximate surface area is 139 Å². The van der Waals surface area contributed by atoms with Gasteiger partial charge in [-0.2, -0.15) is 13.2 Å². The lowest BCUT2D eigenvalue weighted by molar-refractivity contribution is -0.137. The lowest BCUT2D eigenvalue weighted by Crippen LogP contribution is -2.05. The van der Waals surface area contributed by atoms with Crippen LogP contribution in [-0.4, -0.2) is 0 Å². The van der Waals surface area contributed by atoms with Gasteiger partial charge in [-0.1, -0.05) is 40.9 Å². The van der Waals surface area contributed by atoms with Crippen LogP contribution in [0.3, 0.4) is 0 Å². The van der Waals surface area contributed by atoms with Crippen molar-refractivity contribution in [2.24, 2.45) is 0 Å². The van der Waals surface area contributed by atoms with Gasteiger partial charge in [0.05, 0.1) is 20.6 Å². The quantitative estimate of drug-likeness (QED) is 0.390. The van der Waals surface area contributed by atoms with Gasteiger partial charge in [-0.05, 0) is 35.4 Å². The van der Waals surface area contributed by atoms with E-state index in [1.165, 1.54) is 18.2 Å². The zero-order valence-corrected chi connectivity index (χ0v) is 13.3. The Morgan fingerprint density at radius 1 is 0.905 bits per heavy atom. The number of benzene rings is 2. The van der Waals surface area contributed by atoms with Crippen molar-refractivity contribution >= 4 is 46.4 Å². The molecule has 0 saturated carbocycles. The summed E-state index contributed by atoms with van der Waals surface area (Å²) < 4.78 is 38.6. The standard InChI is InChI=1S/C14H7Cl4F3/c15-6-7-1-2-8(14(19,20)21)5-9(7)12-10(16)3-4-11(17)13(12)18/h1-5H,6H2. The molecule has 0 saturated heterocycles. The molecule has 0 N–H and O–H groups in total. The molecule has 0 bridgehead atoms. The third-order valence-corrected chi connectivity index (χ3v) is 4.30. The summed E-state index contributed by atoms with van der Waals surface area (Å²) >= 11 is 23.9. The van der Waals surface area contributed by atoms with E-state index >= 15 is 0 Å². The van der Waals surface area contributed by atoms with Crippen molar-refractivity contribution in [3.63, 3.8) is 0 Å². The Balaban J connectivity index is 2.76. The fraction of sp³-hybridized carbons (Fsp3) is 0.143. The summed E-state index contributed by atoms with van der Waals surface area (Å²) in [7, 11) is 0. The van der Waals surface area contributed by atoms with Gasteiger partial charge in [-0.25, -0.2) is 0 Å². The highest BCUT2D eigenvalue weighted by atomic mass is 35.5. The summed E-state index contributed by atoms with van der Waals surface area (Å²) in [5.41, 5.74) is 0.138. The molecule has 2 aromatic rings. The second-order valence-electron chi connectivity index (χ2n) is 4.22. The molecule has 21 heavy (non-hydrogen) atoms. The minimum Gasteiger partial charge on any atom is -0.166 e. The molecule has 0 aliphatic carbocycles. The summed E-state index contributed by atoms with van der Waals surface area (Å²) in [6.45, 7) is 0. The van der Waals surface area contributed by atoms with Gasteiger partial charge < -0.3 is 0 Å². The van der Waals surface area contributed by atoms with Crippen molar-refractivity contribution in [3.05, 3.63) is 56.5 Å². The van der Waals surface area contributed by atoms with Crippen molar-refractivity contribution in [3.8, 4) is 11.1 Å². The maximum Gasteiger partial charge on any atom is 0.416 e. The van der Waals surface area contributed by atoms with E-state index in [1.54, 1.807) is 0 Å². The highest BCUT2D eigenvalue weighted by Gasteiger charge is 2.31. The smallest absolute Gasteiger partial charge is 0.166 e. The molecule has 0 atom stereocenters. The van der Waals surface area contributed by atoms with E-state index in [-0.39, 0.29) is 32.1 Å². The minimum absolute atomic E-state index is 0.0205. The topological polar surface area (TPSA) is 0 Å². The van der Waals surface area contributed by atoms with Gasteiger partial charge in [0.15, 0.2) is 0 Å². The van der Waals surface area contributed by atoms with Gasteiger partial charge in [-0.15, -0.1) is 11.6 Å². The van der Waals surface area contributed by atoms with Crippen LogP contribution in [0.1, 0.15) is 11.1 Å². The summed E-state index contributed by atoms with van der Waals surface area (Å²) in [5.74, 6) is 0.0205. The lowest BCUT2D eigenvalue weighted by atomic mass is 9.97. The number of rotatable bonds is 2. The first-order chi connectivity index (χ1) is 9.75. The normalized spacial score (nSPS) is 11.8. The van der Waals surface area contributed by atoms with Crippen LogP contribution in [0.25, 0.3) is 11.1 Å². The molecule has 0 aliphatic heterocycles. The lowest BCUT2D eigenvalue weighted by Gasteiger charge is -2.15. The predicted octanol–water partition coefficient (Wildman–Crippen LogP) is 7.07. The predicted molar refractivity (Wildman–Crippen MR) is 81.5 cm³/mol. The van der Waals surface area contributed by atoms with Crippen LogP contribution in [0.2, 0.25) is 15.1 Å². The molecule has 0 heterocycles. The maximum absolute atomic E-state index is 12.9. The molecule has 0 amide bonds. The first-order valence-corrected chi connectivity index (χ1v) is 7.32. The van der Waals surface area contributed by atoms with E-state index in [0.29, 0.717) is 5.56 Å². The molecule has 0 aromatic heterocycles. The van der Waals surface area contributed by atoms with Crippen LogP contribution in [0.15, 0.2) is 30.3 Å². The number of alkyl halides is 4. The van der Waals surface area contributed by atoms with Crippen molar-refractivity contribution in [2.75, 3.05) is 0 Å². The second kappa shape index (κ2) is 6.25. The molecule has 112 valence electrons. The molecule has 0 fully saturated rings. The van der Waals surface area contributed by atoms with Gasteiger partial charge in [-0.3, -0.25) is 0 Å². The third-order valence-electron chi connectivity index (χ3n) is 2.89. The highest BCUT2D eigenvalue weighted by Crippen LogP contribution is 2.42. The van der Waals surface area contributed by atoms with E-state index in [9.17, 15) is 13.2 Å². The SMILES string of the molecule is FC(F)(F)c1ccc(CCl)c(-c2c(Cl)ccc(Cl)c2Cl)c1. The van der Waals surface area contributed by atoms with E-state index < -0.39 is 11.7 Å². The molecule has 0 unspecified atom stereocenters. The largest absolute Gasteiger partial charge is 0.416 e. The molecule has 2 aromatic carbocycles. The van der Waals surface area contributed by atoms with Gasteiger partial charge in [0.1, 0.15) is 0 Å². The van der Waals surface area contributed by atoms with Gasteiger partial charge in [0, 0.05) is 11.4 Å². The van der Waals surface area contributed by atoms with Crippen molar-refractivity contribution in [2.45, 2.75) is 12.1 Å². The van der Waals surface area contributed by atoms with Crippen molar-refractivity contribution in [1.29, 1.82) is 0 Å². The van der Waals surface area contributed by atoms with Gasteiger partial charge in [0.2, 0.25) is 0 Å². The summed E-state index contributed by atoms with van der Waals surface area (Å²) in [5, 5.41) is 0.499. The fourth-order valence-corrected chi connectivity index (χ4v) is 2.84. The Bertz CT molecular complexity index is 681. The fourth-order valence-electron chi connectivity index (χ4n) is 1.88. The molecular formula is C14H7Cl4F3. The van der Waals surface area contributed by atoms with Crippen LogP contribution in [0, 0.1) is 0 Å². The first-order valence-electron chi connectivity index (χ1n) is 5.65. The van der Waals surface area contributed by atoms with E-state index in [2.05, 4.69) is 0 Å². The van der Waals surface area contributed by atoms with Crippen LogP contribution in [0.4, 0.5) is 13.2 Å². The van der Waals surface area contributed by atoms with Crippen LogP contribution < -0.4 is 0 Å². The van der Waals surface area contributed by atoms with Crippen LogP contribution in [-0.2, 0) is 12.1 Å². The number of hydrogen-bond acceptors (Lipinski definition) is 0. The molecule has 0 aliphatic rings. The van der Waals surface area contributed by atoms with Crippen LogP contribution >= 0.6 is 46.4 Å². The molecule has 0 nitrogen and oxygen atoms in total. The Morgan fingerprint density at radius 2 is 1.52 bits per heavy atom. The zero-order valence-electron chi connectivity index (χ0n) is 10.2. The summed E-state index contributed by atoms with van der Waals surface area (Å²) in [6.07, 6.45) is -4.48.